The molecule has 3 aromatic rings. The third-order valence-electron chi connectivity index (χ3n) is 4.13. The largest absolute Gasteiger partial charge is 0.340 e. The maximum absolute atomic E-state index is 12.6. The lowest BCUT2D eigenvalue weighted by Gasteiger charge is -2.11. The summed E-state index contributed by atoms with van der Waals surface area (Å²) in [5, 5.41) is 6.13. The van der Waals surface area contributed by atoms with Gasteiger partial charge in [-0.15, -0.1) is 0 Å². The minimum atomic E-state index is -0.260. The minimum absolute atomic E-state index is 0.260. The van der Waals surface area contributed by atoms with Crippen molar-refractivity contribution in [3.63, 3.8) is 0 Å². The summed E-state index contributed by atoms with van der Waals surface area (Å²) in [5.74, 6) is 0.868. The number of nitrogens with one attached hydrogen (secondary N) is 2. The quantitative estimate of drug-likeness (QED) is 0.718. The molecule has 0 fully saturated rings. The highest BCUT2D eigenvalue weighted by molar-refractivity contribution is 6.03. The van der Waals surface area contributed by atoms with E-state index in [9.17, 15) is 4.79 Å². The lowest BCUT2D eigenvalue weighted by atomic mass is 10.1. The molecule has 0 radical (unpaired) electrons. The fraction of sp³-hybridized carbons (Fsp3) is 0.190. The number of aryl methyl sites for hydroxylation is 4. The standard InChI is InChI=1S/C21H22N4O/c1-13-6-5-7-17(10-13)25-21(26)19-12-20(23-16(4)22-19)24-18-9-8-14(2)15(3)11-18/h5-12H,1-4H3,(H,25,26)(H,22,23,24). The van der Waals surface area contributed by atoms with Crippen molar-refractivity contribution >= 4 is 23.1 Å². The second kappa shape index (κ2) is 7.35. The molecule has 2 N–H and O–H groups in total. The monoisotopic (exact) mass is 346 g/mol. The number of rotatable bonds is 4. The Hall–Kier alpha value is -3.21. The third-order valence-corrected chi connectivity index (χ3v) is 4.13. The molecule has 0 bridgehead atoms. The van der Waals surface area contributed by atoms with Crippen LogP contribution >= 0.6 is 0 Å². The zero-order chi connectivity index (χ0) is 18.7. The van der Waals surface area contributed by atoms with Gasteiger partial charge in [-0.2, -0.15) is 0 Å². The summed E-state index contributed by atoms with van der Waals surface area (Å²) in [7, 11) is 0. The van der Waals surface area contributed by atoms with E-state index < -0.39 is 0 Å². The molecule has 5 nitrogen and oxygen atoms in total. The fourth-order valence-corrected chi connectivity index (χ4v) is 2.63. The van der Waals surface area contributed by atoms with E-state index in [1.807, 2.05) is 37.3 Å². The number of carbonyl (C=O) groups is 1. The van der Waals surface area contributed by atoms with Gasteiger partial charge < -0.3 is 10.6 Å². The van der Waals surface area contributed by atoms with E-state index >= 15 is 0 Å². The van der Waals surface area contributed by atoms with Crippen molar-refractivity contribution in [2.24, 2.45) is 0 Å². The normalized spacial score (nSPS) is 10.5. The molecule has 1 heterocycles. The molecule has 132 valence electrons. The van der Waals surface area contributed by atoms with Crippen LogP contribution in [0.3, 0.4) is 0 Å². The smallest absolute Gasteiger partial charge is 0.274 e. The van der Waals surface area contributed by atoms with Crippen LogP contribution in [0.15, 0.2) is 48.5 Å². The Bertz CT molecular complexity index is 966. The molecule has 0 spiro atoms. The maximum Gasteiger partial charge on any atom is 0.274 e. The summed E-state index contributed by atoms with van der Waals surface area (Å²) in [6.45, 7) is 7.89. The van der Waals surface area contributed by atoms with Crippen molar-refractivity contribution in [3.05, 3.63) is 76.7 Å². The zero-order valence-electron chi connectivity index (χ0n) is 15.4. The molecule has 26 heavy (non-hydrogen) atoms. The predicted octanol–water partition coefficient (Wildman–Crippen LogP) is 4.71. The Morgan fingerprint density at radius 3 is 2.38 bits per heavy atom. The number of benzene rings is 2. The molecule has 1 aromatic heterocycles. The predicted molar refractivity (Wildman–Crippen MR) is 105 cm³/mol. The number of aromatic nitrogens is 2. The maximum atomic E-state index is 12.6. The zero-order valence-corrected chi connectivity index (χ0v) is 15.4. The van der Waals surface area contributed by atoms with Crippen LogP contribution in [0.1, 0.15) is 33.0 Å². The lowest BCUT2D eigenvalue weighted by Crippen LogP contribution is -2.15. The molecular formula is C21H22N4O. The van der Waals surface area contributed by atoms with Gasteiger partial charge in [-0.25, -0.2) is 9.97 Å². The molecule has 0 saturated carbocycles. The first-order valence-corrected chi connectivity index (χ1v) is 8.49. The van der Waals surface area contributed by atoms with E-state index in [1.165, 1.54) is 11.1 Å². The molecule has 0 aliphatic carbocycles. The van der Waals surface area contributed by atoms with Gasteiger partial charge in [0.15, 0.2) is 0 Å². The summed E-state index contributed by atoms with van der Waals surface area (Å²) in [6.07, 6.45) is 0. The average molecular weight is 346 g/mol. The highest BCUT2D eigenvalue weighted by Gasteiger charge is 2.11. The Kier molecular flexibility index (Phi) is 4.98. The summed E-state index contributed by atoms with van der Waals surface area (Å²) < 4.78 is 0. The van der Waals surface area contributed by atoms with Gasteiger partial charge in [0.2, 0.25) is 0 Å². The Morgan fingerprint density at radius 2 is 1.65 bits per heavy atom. The van der Waals surface area contributed by atoms with E-state index in [1.54, 1.807) is 13.0 Å². The second-order valence-electron chi connectivity index (χ2n) is 6.43. The topological polar surface area (TPSA) is 66.9 Å². The van der Waals surface area contributed by atoms with Crippen LogP contribution in [-0.2, 0) is 0 Å². The van der Waals surface area contributed by atoms with Crippen molar-refractivity contribution < 1.29 is 4.79 Å². The van der Waals surface area contributed by atoms with Gasteiger partial charge >= 0.3 is 0 Å². The Balaban J connectivity index is 1.82. The summed E-state index contributed by atoms with van der Waals surface area (Å²) in [5.41, 5.74) is 5.50. The molecule has 3 rings (SSSR count). The first kappa shape index (κ1) is 17.6. The third kappa shape index (κ3) is 4.25. The van der Waals surface area contributed by atoms with E-state index in [4.69, 9.17) is 0 Å². The molecule has 0 atom stereocenters. The van der Waals surface area contributed by atoms with Gasteiger partial charge in [0.1, 0.15) is 17.3 Å². The molecule has 0 aliphatic heterocycles. The van der Waals surface area contributed by atoms with Gasteiger partial charge in [-0.3, -0.25) is 4.79 Å². The highest BCUT2D eigenvalue weighted by atomic mass is 16.1. The van der Waals surface area contributed by atoms with E-state index in [-0.39, 0.29) is 5.91 Å². The van der Waals surface area contributed by atoms with E-state index in [0.717, 1.165) is 16.9 Å². The van der Waals surface area contributed by atoms with Crippen LogP contribution in [0.5, 0.6) is 0 Å². The molecular weight excluding hydrogens is 324 g/mol. The lowest BCUT2D eigenvalue weighted by molar-refractivity contribution is 0.102. The fourth-order valence-electron chi connectivity index (χ4n) is 2.63. The van der Waals surface area contributed by atoms with Crippen LogP contribution in [0.25, 0.3) is 0 Å². The van der Waals surface area contributed by atoms with Gasteiger partial charge in [-0.05, 0) is 68.7 Å². The minimum Gasteiger partial charge on any atom is -0.340 e. The first-order valence-electron chi connectivity index (χ1n) is 8.49. The van der Waals surface area contributed by atoms with Crippen molar-refractivity contribution in [1.29, 1.82) is 0 Å². The number of hydrogen-bond donors (Lipinski definition) is 2. The van der Waals surface area contributed by atoms with E-state index in [0.29, 0.717) is 17.3 Å². The second-order valence-corrected chi connectivity index (χ2v) is 6.43. The van der Waals surface area contributed by atoms with Crippen LogP contribution in [0, 0.1) is 27.7 Å². The van der Waals surface area contributed by atoms with Crippen LogP contribution < -0.4 is 10.6 Å². The Labute approximate surface area is 153 Å². The summed E-state index contributed by atoms with van der Waals surface area (Å²) in [6, 6.07) is 15.4. The number of hydrogen-bond acceptors (Lipinski definition) is 4. The average Bonchev–Trinajstić information content (AvgIpc) is 2.58. The van der Waals surface area contributed by atoms with Gasteiger partial charge in [0.05, 0.1) is 0 Å². The summed E-state index contributed by atoms with van der Waals surface area (Å²) in [4.78, 5) is 21.2. The van der Waals surface area contributed by atoms with Gasteiger partial charge in [-0.1, -0.05) is 18.2 Å². The van der Waals surface area contributed by atoms with Crippen molar-refractivity contribution in [2.75, 3.05) is 10.6 Å². The van der Waals surface area contributed by atoms with Gasteiger partial charge in [0.25, 0.3) is 5.91 Å². The van der Waals surface area contributed by atoms with Crippen LogP contribution in [-0.4, -0.2) is 15.9 Å². The number of carbonyl (C=O) groups excluding carboxylic acids is 1. The number of anilines is 3. The van der Waals surface area contributed by atoms with Crippen molar-refractivity contribution in [1.82, 2.24) is 9.97 Å². The molecule has 5 heteroatoms. The van der Waals surface area contributed by atoms with Crippen molar-refractivity contribution in [2.45, 2.75) is 27.7 Å². The molecule has 0 saturated heterocycles. The number of amides is 1. The Morgan fingerprint density at radius 1 is 0.846 bits per heavy atom. The van der Waals surface area contributed by atoms with Crippen molar-refractivity contribution in [3.8, 4) is 0 Å². The molecule has 0 aliphatic rings. The van der Waals surface area contributed by atoms with Crippen LogP contribution in [0.2, 0.25) is 0 Å². The highest BCUT2D eigenvalue weighted by Crippen LogP contribution is 2.19. The summed E-state index contributed by atoms with van der Waals surface area (Å²) >= 11 is 0. The SMILES string of the molecule is Cc1cccc(NC(=O)c2cc(Nc3ccc(C)c(C)c3)nc(C)n2)c1. The van der Waals surface area contributed by atoms with E-state index in [2.05, 4.69) is 46.6 Å². The van der Waals surface area contributed by atoms with Crippen LogP contribution in [0.4, 0.5) is 17.2 Å². The van der Waals surface area contributed by atoms with Gasteiger partial charge in [0, 0.05) is 17.4 Å². The molecule has 2 aromatic carbocycles. The molecule has 1 amide bonds. The molecule has 0 unspecified atom stereocenters. The number of nitrogens with zero attached hydrogens (tertiary/aromatic N) is 2. The first-order chi connectivity index (χ1) is 12.4.